The molecule has 0 fully saturated rings. The number of hydrogen-bond donors (Lipinski definition) is 3. The molecule has 1 amide bonds. The average Bonchev–Trinajstić information content (AvgIpc) is 2.81. The molecule has 0 saturated heterocycles. The number of aromatic amines is 1. The maximum atomic E-state index is 13.3. The van der Waals surface area contributed by atoms with Gasteiger partial charge in [-0.05, 0) is 31.5 Å². The number of carbonyl (C=O) groups is 1. The number of carbonyl (C=O) groups excluding carboxylic acids is 1. The normalized spacial score (nSPS) is 11.0. The number of rotatable bonds is 10. The van der Waals surface area contributed by atoms with Crippen LogP contribution in [0.1, 0.15) is 31.4 Å². The van der Waals surface area contributed by atoms with Crippen molar-refractivity contribution in [3.63, 3.8) is 0 Å². The van der Waals surface area contributed by atoms with Gasteiger partial charge >= 0.3 is 5.69 Å². The number of nitrogens with two attached hydrogens (primary N) is 1. The first-order chi connectivity index (χ1) is 16.3. The van der Waals surface area contributed by atoms with Gasteiger partial charge in [-0.3, -0.25) is 24.0 Å². The average molecular weight is 466 g/mol. The highest BCUT2D eigenvalue weighted by molar-refractivity contribution is 5.96. The van der Waals surface area contributed by atoms with Gasteiger partial charge in [0.2, 0.25) is 5.91 Å². The van der Waals surface area contributed by atoms with Crippen LogP contribution in [0.15, 0.2) is 64.2 Å². The third kappa shape index (κ3) is 5.74. The fourth-order valence-electron chi connectivity index (χ4n) is 3.91. The van der Waals surface area contributed by atoms with E-state index in [1.807, 2.05) is 54.3 Å². The molecule has 0 saturated carbocycles. The van der Waals surface area contributed by atoms with Crippen molar-refractivity contribution in [2.75, 3.05) is 30.3 Å². The van der Waals surface area contributed by atoms with Crippen molar-refractivity contribution in [3.05, 3.63) is 86.6 Å². The number of nitrogen functional groups attached to an aromatic ring is 1. The van der Waals surface area contributed by atoms with Crippen LogP contribution in [-0.4, -0.2) is 45.1 Å². The van der Waals surface area contributed by atoms with Crippen LogP contribution in [0.3, 0.4) is 0 Å². The summed E-state index contributed by atoms with van der Waals surface area (Å²) in [6.45, 7) is 5.13. The molecule has 0 aliphatic rings. The first-order valence-corrected chi connectivity index (χ1v) is 11.3. The Balaban J connectivity index is 1.90. The number of para-hydroxylation sites is 1. The Morgan fingerprint density at radius 3 is 2.38 bits per heavy atom. The molecule has 2 aromatic carbocycles. The molecule has 1 heterocycles. The molecular weight excluding hydrogens is 434 g/mol. The molecule has 34 heavy (non-hydrogen) atoms. The predicted molar refractivity (Wildman–Crippen MR) is 133 cm³/mol. The first kappa shape index (κ1) is 24.8. The maximum Gasteiger partial charge on any atom is 0.330 e. The summed E-state index contributed by atoms with van der Waals surface area (Å²) in [4.78, 5) is 44.0. The summed E-state index contributed by atoms with van der Waals surface area (Å²) in [5.74, 6) is -0.221. The van der Waals surface area contributed by atoms with Gasteiger partial charge in [0.1, 0.15) is 11.6 Å². The van der Waals surface area contributed by atoms with Crippen LogP contribution in [0.25, 0.3) is 0 Å². The van der Waals surface area contributed by atoms with Crippen LogP contribution < -0.4 is 21.9 Å². The molecule has 180 valence electrons. The summed E-state index contributed by atoms with van der Waals surface area (Å²) >= 11 is 0. The van der Waals surface area contributed by atoms with Gasteiger partial charge in [0.25, 0.3) is 5.56 Å². The summed E-state index contributed by atoms with van der Waals surface area (Å²) in [6, 6.07) is 16.2. The molecule has 4 N–H and O–H groups in total. The monoisotopic (exact) mass is 465 g/mol. The van der Waals surface area contributed by atoms with Crippen molar-refractivity contribution in [2.45, 2.75) is 33.4 Å². The maximum absolute atomic E-state index is 13.3. The highest BCUT2D eigenvalue weighted by Gasteiger charge is 2.25. The minimum absolute atomic E-state index is 0.0205. The Labute approximate surface area is 198 Å². The molecule has 1 aromatic heterocycles. The number of aromatic nitrogens is 2. The lowest BCUT2D eigenvalue weighted by atomic mass is 10.2. The van der Waals surface area contributed by atoms with Gasteiger partial charge in [-0.2, -0.15) is 0 Å². The number of benzene rings is 2. The zero-order chi connectivity index (χ0) is 24.7. The van der Waals surface area contributed by atoms with Crippen molar-refractivity contribution in [3.8, 4) is 5.75 Å². The number of nitrogens with zero attached hydrogens (tertiary/aromatic N) is 3. The molecule has 0 aliphatic heterocycles. The van der Waals surface area contributed by atoms with E-state index in [-0.39, 0.29) is 42.8 Å². The number of anilines is 2. The summed E-state index contributed by atoms with van der Waals surface area (Å²) in [5, 5.41) is 10.1. The number of aromatic hydroxyl groups is 1. The fourth-order valence-corrected chi connectivity index (χ4v) is 3.91. The van der Waals surface area contributed by atoms with Crippen LogP contribution in [-0.2, 0) is 17.9 Å². The smallest absolute Gasteiger partial charge is 0.330 e. The zero-order valence-electron chi connectivity index (χ0n) is 19.5. The summed E-state index contributed by atoms with van der Waals surface area (Å²) in [5.41, 5.74) is 6.45. The van der Waals surface area contributed by atoms with Gasteiger partial charge in [-0.15, -0.1) is 0 Å². The van der Waals surface area contributed by atoms with E-state index in [1.165, 1.54) is 9.47 Å². The van der Waals surface area contributed by atoms with Crippen LogP contribution in [0.4, 0.5) is 11.5 Å². The Kier molecular flexibility index (Phi) is 8.26. The van der Waals surface area contributed by atoms with Gasteiger partial charge in [-0.25, -0.2) is 4.79 Å². The minimum atomic E-state index is -0.704. The number of phenolic OH excluding ortho intramolecular Hbond substituents is 1. The lowest BCUT2D eigenvalue weighted by Gasteiger charge is -2.27. The van der Waals surface area contributed by atoms with E-state index in [9.17, 15) is 19.5 Å². The Hall–Kier alpha value is -3.85. The van der Waals surface area contributed by atoms with Crippen LogP contribution in [0.2, 0.25) is 0 Å². The van der Waals surface area contributed by atoms with Gasteiger partial charge in [0, 0.05) is 18.7 Å². The Bertz CT molecular complexity index is 1240. The quantitative estimate of drug-likeness (QED) is 0.421. The second-order valence-electron chi connectivity index (χ2n) is 8.04. The van der Waals surface area contributed by atoms with Gasteiger partial charge in [0.05, 0.1) is 13.1 Å². The van der Waals surface area contributed by atoms with E-state index in [1.54, 1.807) is 19.1 Å². The fraction of sp³-hybridized carbons (Fsp3) is 0.320. The van der Waals surface area contributed by atoms with E-state index < -0.39 is 11.2 Å². The number of nitrogens with one attached hydrogen (secondary N) is 1. The third-order valence-electron chi connectivity index (χ3n) is 5.57. The Morgan fingerprint density at radius 2 is 1.74 bits per heavy atom. The summed E-state index contributed by atoms with van der Waals surface area (Å²) < 4.78 is 1.26. The number of amides is 1. The number of likely N-dealkylation sites (N-methyl/N-ethyl adjacent to an activating group) is 1. The molecule has 9 heteroatoms. The van der Waals surface area contributed by atoms with Gasteiger partial charge in [-0.1, -0.05) is 55.5 Å². The molecule has 0 unspecified atom stereocenters. The predicted octanol–water partition coefficient (Wildman–Crippen LogP) is 2.14. The lowest BCUT2D eigenvalue weighted by molar-refractivity contribution is -0.119. The lowest BCUT2D eigenvalue weighted by Crippen LogP contribution is -2.45. The molecular formula is C25H31N5O4. The topological polar surface area (TPSA) is 125 Å². The zero-order valence-corrected chi connectivity index (χ0v) is 19.5. The summed E-state index contributed by atoms with van der Waals surface area (Å²) in [7, 11) is 0. The molecule has 0 atom stereocenters. The van der Waals surface area contributed by atoms with Crippen molar-refractivity contribution < 1.29 is 9.90 Å². The number of phenols is 1. The largest absolute Gasteiger partial charge is 0.508 e. The third-order valence-corrected chi connectivity index (χ3v) is 5.57. The highest BCUT2D eigenvalue weighted by atomic mass is 16.3. The standard InChI is InChI=1S/C25H31N5O4/c1-3-14-28(16-19-12-8-9-13-20(19)31)17-21(32)29(4-2)22-23(26)30(25(34)27-24(22)33)15-18-10-6-5-7-11-18/h5-13,31H,3-4,14-17,26H2,1-2H3,(H,27,33,34). The molecule has 0 spiro atoms. The number of H-pyrrole nitrogens is 1. The van der Waals surface area contributed by atoms with E-state index in [0.29, 0.717) is 18.7 Å². The van der Waals surface area contributed by atoms with Crippen molar-refractivity contribution in [1.82, 2.24) is 14.5 Å². The van der Waals surface area contributed by atoms with Crippen molar-refractivity contribution in [1.29, 1.82) is 0 Å². The van der Waals surface area contributed by atoms with E-state index in [4.69, 9.17) is 5.73 Å². The van der Waals surface area contributed by atoms with Crippen molar-refractivity contribution in [2.24, 2.45) is 0 Å². The second kappa shape index (κ2) is 11.3. The van der Waals surface area contributed by atoms with Crippen LogP contribution in [0, 0.1) is 0 Å². The van der Waals surface area contributed by atoms with Crippen LogP contribution >= 0.6 is 0 Å². The van der Waals surface area contributed by atoms with Gasteiger partial charge in [0.15, 0.2) is 5.69 Å². The molecule has 0 bridgehead atoms. The van der Waals surface area contributed by atoms with Crippen LogP contribution in [0.5, 0.6) is 5.75 Å². The number of hydrogen-bond acceptors (Lipinski definition) is 6. The summed E-state index contributed by atoms with van der Waals surface area (Å²) in [6.07, 6.45) is 0.803. The Morgan fingerprint density at radius 1 is 1.06 bits per heavy atom. The second-order valence-corrected chi connectivity index (χ2v) is 8.04. The minimum Gasteiger partial charge on any atom is -0.508 e. The molecule has 0 aliphatic carbocycles. The molecule has 3 aromatic rings. The molecule has 9 nitrogen and oxygen atoms in total. The van der Waals surface area contributed by atoms with E-state index in [0.717, 1.165) is 12.0 Å². The molecule has 0 radical (unpaired) electrons. The highest BCUT2D eigenvalue weighted by Crippen LogP contribution is 2.20. The van der Waals surface area contributed by atoms with Gasteiger partial charge < -0.3 is 15.7 Å². The van der Waals surface area contributed by atoms with E-state index in [2.05, 4.69) is 4.98 Å². The SMILES string of the molecule is CCCN(CC(=O)N(CC)c1c(N)n(Cc2ccccc2)c(=O)[nH]c1=O)Cc1ccccc1O. The van der Waals surface area contributed by atoms with E-state index >= 15 is 0 Å². The first-order valence-electron chi connectivity index (χ1n) is 11.3. The molecule has 3 rings (SSSR count). The van der Waals surface area contributed by atoms with Crippen molar-refractivity contribution >= 4 is 17.4 Å².